The van der Waals surface area contributed by atoms with E-state index in [1.165, 1.54) is 24.9 Å². The van der Waals surface area contributed by atoms with Crippen LogP contribution in [0.4, 0.5) is 5.69 Å². The molecule has 0 spiro atoms. The highest BCUT2D eigenvalue weighted by Crippen LogP contribution is 2.28. The minimum absolute atomic E-state index is 0. The summed E-state index contributed by atoms with van der Waals surface area (Å²) < 4.78 is 0. The largest absolute Gasteiger partial charge is 0.324 e. The number of hydrogen-bond donors (Lipinski definition) is 2. The Labute approximate surface area is 158 Å². The van der Waals surface area contributed by atoms with Crippen molar-refractivity contribution in [3.63, 3.8) is 0 Å². The summed E-state index contributed by atoms with van der Waals surface area (Å²) in [5, 5.41) is 6.81. The van der Waals surface area contributed by atoms with Gasteiger partial charge >= 0.3 is 0 Å². The molecule has 1 saturated heterocycles. The molecule has 0 radical (unpaired) electrons. The van der Waals surface area contributed by atoms with Gasteiger partial charge in [0.05, 0.1) is 6.54 Å². The zero-order valence-corrected chi connectivity index (χ0v) is 16.5. The van der Waals surface area contributed by atoms with Gasteiger partial charge in [-0.1, -0.05) is 17.7 Å². The number of likely N-dealkylation sites (tertiary alicyclic amines) is 1. The molecule has 0 aromatic heterocycles. The van der Waals surface area contributed by atoms with Crippen molar-refractivity contribution >= 4 is 24.0 Å². The highest BCUT2D eigenvalue weighted by molar-refractivity contribution is 5.93. The monoisotopic (exact) mass is 365 g/mol. The summed E-state index contributed by atoms with van der Waals surface area (Å²) in [6, 6.07) is 4.89. The Bertz CT molecular complexity index is 570. The molecule has 1 aliphatic carbocycles. The van der Waals surface area contributed by atoms with E-state index in [1.54, 1.807) is 0 Å². The first kappa shape index (κ1) is 20.2. The van der Waals surface area contributed by atoms with Gasteiger partial charge in [-0.25, -0.2) is 0 Å². The lowest BCUT2D eigenvalue weighted by Crippen LogP contribution is -2.45. The number of amides is 1. The standard InChI is InChI=1S/C20H31N3O.ClH/c1-14-10-15(2)20(16(3)11-14)22-19(24)13-23-8-6-18(7-9-23)21-12-17-4-5-17;/h10-11,17-18,21H,4-9,12-13H2,1-3H3,(H,22,24);1H. The predicted molar refractivity (Wildman–Crippen MR) is 107 cm³/mol. The molecule has 1 heterocycles. The topological polar surface area (TPSA) is 44.4 Å². The molecule has 25 heavy (non-hydrogen) atoms. The Morgan fingerprint density at radius 2 is 1.68 bits per heavy atom. The Hall–Kier alpha value is -1.10. The molecule has 2 N–H and O–H groups in total. The average Bonchev–Trinajstić information content (AvgIpc) is 3.34. The smallest absolute Gasteiger partial charge is 0.238 e. The number of hydrogen-bond acceptors (Lipinski definition) is 3. The molecule has 1 aromatic rings. The summed E-state index contributed by atoms with van der Waals surface area (Å²) in [4.78, 5) is 14.7. The number of nitrogens with zero attached hydrogens (tertiary/aromatic N) is 1. The average molecular weight is 366 g/mol. The zero-order valence-electron chi connectivity index (χ0n) is 15.7. The third kappa shape index (κ3) is 5.98. The lowest BCUT2D eigenvalue weighted by molar-refractivity contribution is -0.117. The molecule has 0 bridgehead atoms. The van der Waals surface area contributed by atoms with Crippen molar-refractivity contribution in [2.24, 2.45) is 5.92 Å². The maximum Gasteiger partial charge on any atom is 0.238 e. The van der Waals surface area contributed by atoms with E-state index >= 15 is 0 Å². The van der Waals surface area contributed by atoms with Crippen LogP contribution in [0.15, 0.2) is 12.1 Å². The summed E-state index contributed by atoms with van der Waals surface area (Å²) >= 11 is 0. The quantitative estimate of drug-likeness (QED) is 0.811. The van der Waals surface area contributed by atoms with Crippen LogP contribution in [0.5, 0.6) is 0 Å². The summed E-state index contributed by atoms with van der Waals surface area (Å²) in [6.07, 6.45) is 5.12. The number of halogens is 1. The van der Waals surface area contributed by atoms with E-state index in [0.717, 1.165) is 48.7 Å². The fourth-order valence-electron chi connectivity index (χ4n) is 3.71. The maximum absolute atomic E-state index is 12.4. The fraction of sp³-hybridized carbons (Fsp3) is 0.650. The third-order valence-electron chi connectivity index (χ3n) is 5.29. The molecular weight excluding hydrogens is 334 g/mol. The second-order valence-corrected chi connectivity index (χ2v) is 7.72. The first-order valence-electron chi connectivity index (χ1n) is 9.34. The number of nitrogens with one attached hydrogen (secondary N) is 2. The minimum atomic E-state index is 0. The van der Waals surface area contributed by atoms with Gasteiger partial charge in [0.15, 0.2) is 0 Å². The van der Waals surface area contributed by atoms with E-state index in [4.69, 9.17) is 0 Å². The molecule has 4 nitrogen and oxygen atoms in total. The molecule has 1 aliphatic heterocycles. The zero-order chi connectivity index (χ0) is 17.1. The highest BCUT2D eigenvalue weighted by Gasteiger charge is 2.25. The van der Waals surface area contributed by atoms with Gasteiger partial charge in [0.2, 0.25) is 5.91 Å². The number of anilines is 1. The molecule has 0 atom stereocenters. The molecule has 5 heteroatoms. The number of carbonyl (C=O) groups is 1. The minimum Gasteiger partial charge on any atom is -0.324 e. The Morgan fingerprint density at radius 1 is 1.08 bits per heavy atom. The molecule has 0 unspecified atom stereocenters. The number of aryl methyl sites for hydroxylation is 3. The molecule has 1 amide bonds. The van der Waals surface area contributed by atoms with Gasteiger partial charge in [-0.2, -0.15) is 0 Å². The molecule has 2 aliphatic rings. The van der Waals surface area contributed by atoms with Crippen LogP contribution in [-0.2, 0) is 4.79 Å². The van der Waals surface area contributed by atoms with E-state index in [0.29, 0.717) is 12.6 Å². The number of rotatable bonds is 6. The van der Waals surface area contributed by atoms with E-state index in [2.05, 4.69) is 48.4 Å². The van der Waals surface area contributed by atoms with Crippen molar-refractivity contribution in [3.8, 4) is 0 Å². The van der Waals surface area contributed by atoms with E-state index < -0.39 is 0 Å². The van der Waals surface area contributed by atoms with Gasteiger partial charge in [-0.15, -0.1) is 12.4 Å². The van der Waals surface area contributed by atoms with Crippen molar-refractivity contribution in [2.45, 2.75) is 52.5 Å². The number of carbonyl (C=O) groups excluding carboxylic acids is 1. The number of benzene rings is 1. The van der Waals surface area contributed by atoms with Gasteiger partial charge in [0.25, 0.3) is 0 Å². The summed E-state index contributed by atoms with van der Waals surface area (Å²) in [6.45, 7) is 9.94. The molecule has 1 saturated carbocycles. The summed E-state index contributed by atoms with van der Waals surface area (Å²) in [7, 11) is 0. The molecule has 140 valence electrons. The number of piperidine rings is 1. The summed E-state index contributed by atoms with van der Waals surface area (Å²) in [5.74, 6) is 1.05. The van der Waals surface area contributed by atoms with E-state index in [-0.39, 0.29) is 18.3 Å². The molecular formula is C20H32ClN3O. The van der Waals surface area contributed by atoms with E-state index in [9.17, 15) is 4.79 Å². The van der Waals surface area contributed by atoms with Crippen LogP contribution in [0.3, 0.4) is 0 Å². The second-order valence-electron chi connectivity index (χ2n) is 7.72. The van der Waals surface area contributed by atoms with Crippen LogP contribution in [0, 0.1) is 26.7 Å². The van der Waals surface area contributed by atoms with Crippen LogP contribution in [0.2, 0.25) is 0 Å². The summed E-state index contributed by atoms with van der Waals surface area (Å²) in [5.41, 5.74) is 4.50. The van der Waals surface area contributed by atoms with Crippen LogP contribution in [0.1, 0.15) is 42.4 Å². The molecule has 2 fully saturated rings. The van der Waals surface area contributed by atoms with Gasteiger partial charge in [-0.05, 0) is 70.0 Å². The van der Waals surface area contributed by atoms with E-state index in [1.807, 2.05) is 0 Å². The van der Waals surface area contributed by atoms with Crippen molar-refractivity contribution < 1.29 is 4.79 Å². The van der Waals surface area contributed by atoms with Crippen LogP contribution in [0.25, 0.3) is 0 Å². The second kappa shape index (κ2) is 9.02. The Balaban J connectivity index is 0.00000225. The fourth-order valence-corrected chi connectivity index (χ4v) is 3.71. The van der Waals surface area contributed by atoms with Gasteiger partial charge < -0.3 is 10.6 Å². The first-order valence-corrected chi connectivity index (χ1v) is 9.34. The third-order valence-corrected chi connectivity index (χ3v) is 5.29. The van der Waals surface area contributed by atoms with Crippen LogP contribution in [-0.4, -0.2) is 43.0 Å². The Kier molecular flexibility index (Phi) is 7.29. The van der Waals surface area contributed by atoms with Crippen molar-refractivity contribution in [1.29, 1.82) is 0 Å². The van der Waals surface area contributed by atoms with Crippen molar-refractivity contribution in [1.82, 2.24) is 10.2 Å². The molecule has 1 aromatic carbocycles. The molecule has 3 rings (SSSR count). The van der Waals surface area contributed by atoms with Gasteiger partial charge in [-0.3, -0.25) is 9.69 Å². The normalized spacial score (nSPS) is 18.7. The van der Waals surface area contributed by atoms with Crippen molar-refractivity contribution in [3.05, 3.63) is 28.8 Å². The lowest BCUT2D eigenvalue weighted by Gasteiger charge is -2.32. The lowest BCUT2D eigenvalue weighted by atomic mass is 10.0. The van der Waals surface area contributed by atoms with Gasteiger partial charge in [0, 0.05) is 24.8 Å². The first-order chi connectivity index (χ1) is 11.5. The Morgan fingerprint density at radius 3 is 2.24 bits per heavy atom. The van der Waals surface area contributed by atoms with Gasteiger partial charge in [0.1, 0.15) is 0 Å². The SMILES string of the molecule is Cc1cc(C)c(NC(=O)CN2CCC(NCC3CC3)CC2)c(C)c1.Cl. The van der Waals surface area contributed by atoms with Crippen molar-refractivity contribution in [2.75, 3.05) is 31.5 Å². The van der Waals surface area contributed by atoms with Crippen LogP contribution >= 0.6 is 12.4 Å². The maximum atomic E-state index is 12.4. The predicted octanol–water partition coefficient (Wildman–Crippen LogP) is 3.44. The van der Waals surface area contributed by atoms with Crippen LogP contribution < -0.4 is 10.6 Å². The highest BCUT2D eigenvalue weighted by atomic mass is 35.5.